The van der Waals surface area contributed by atoms with Gasteiger partial charge < -0.3 is 14.4 Å². The zero-order valence-electron chi connectivity index (χ0n) is 18.2. The molecule has 158 valence electrons. The summed E-state index contributed by atoms with van der Waals surface area (Å²) in [4.78, 5) is 14.8. The number of hydrogen-bond acceptors (Lipinski definition) is 5. The van der Waals surface area contributed by atoms with Gasteiger partial charge in [-0.05, 0) is 92.7 Å². The molecule has 3 rings (SSSR count). The summed E-state index contributed by atoms with van der Waals surface area (Å²) >= 11 is 0. The predicted molar refractivity (Wildman–Crippen MR) is 117 cm³/mol. The van der Waals surface area contributed by atoms with E-state index in [2.05, 4.69) is 30.9 Å². The highest BCUT2D eigenvalue weighted by atomic mass is 16.5. The first kappa shape index (κ1) is 22.0. The number of carbonyl (C=O) groups is 1. The molecule has 2 aromatic carbocycles. The van der Waals surface area contributed by atoms with Crippen molar-refractivity contribution in [1.29, 1.82) is 5.26 Å². The molecule has 1 atom stereocenters. The number of methoxy groups -OCH3 is 2. The van der Waals surface area contributed by atoms with Crippen molar-refractivity contribution in [2.75, 3.05) is 27.3 Å². The molecular weight excluding hydrogens is 376 g/mol. The number of piperidine rings is 1. The van der Waals surface area contributed by atoms with E-state index >= 15 is 0 Å². The van der Waals surface area contributed by atoms with Gasteiger partial charge in [0.2, 0.25) is 0 Å². The third-order valence-electron chi connectivity index (χ3n) is 6.02. The van der Waals surface area contributed by atoms with Crippen LogP contribution in [-0.4, -0.2) is 44.2 Å². The molecule has 5 nitrogen and oxygen atoms in total. The second-order valence-electron chi connectivity index (χ2n) is 8.15. The number of nitriles is 1. The average molecular weight is 407 g/mol. The minimum atomic E-state index is -0.376. The maximum absolute atomic E-state index is 12.4. The molecule has 0 radical (unpaired) electrons. The first-order valence-electron chi connectivity index (χ1n) is 10.5. The third kappa shape index (κ3) is 4.89. The molecular formula is C25H30N2O3. The summed E-state index contributed by atoms with van der Waals surface area (Å²) in [6.45, 7) is 6.57. The van der Waals surface area contributed by atoms with Gasteiger partial charge in [-0.15, -0.1) is 0 Å². The Labute approximate surface area is 179 Å². The topological polar surface area (TPSA) is 62.6 Å². The lowest BCUT2D eigenvalue weighted by Crippen LogP contribution is -2.40. The lowest BCUT2D eigenvalue weighted by molar-refractivity contribution is 0.0150. The van der Waals surface area contributed by atoms with Gasteiger partial charge in [0.1, 0.15) is 0 Å². The van der Waals surface area contributed by atoms with Gasteiger partial charge >= 0.3 is 5.97 Å². The van der Waals surface area contributed by atoms with E-state index in [9.17, 15) is 10.1 Å². The third-order valence-corrected chi connectivity index (χ3v) is 6.02. The van der Waals surface area contributed by atoms with Crippen LogP contribution in [0.25, 0.3) is 11.1 Å². The van der Waals surface area contributed by atoms with Gasteiger partial charge in [0.05, 0.1) is 30.4 Å². The zero-order valence-corrected chi connectivity index (χ0v) is 18.2. The van der Waals surface area contributed by atoms with Crippen LogP contribution in [0.2, 0.25) is 0 Å². The van der Waals surface area contributed by atoms with Crippen molar-refractivity contribution in [1.82, 2.24) is 4.90 Å². The van der Waals surface area contributed by atoms with Crippen LogP contribution in [0, 0.1) is 17.2 Å². The Morgan fingerprint density at radius 2 is 1.83 bits per heavy atom. The fourth-order valence-electron chi connectivity index (χ4n) is 4.33. The minimum Gasteiger partial charge on any atom is -0.465 e. The van der Waals surface area contributed by atoms with Crippen molar-refractivity contribution in [2.45, 2.75) is 38.8 Å². The average Bonchev–Trinajstić information content (AvgIpc) is 2.79. The molecule has 1 aliphatic rings. The summed E-state index contributed by atoms with van der Waals surface area (Å²) in [5.74, 6) is 0.00945. The molecule has 1 unspecified atom stereocenters. The van der Waals surface area contributed by atoms with Crippen molar-refractivity contribution in [2.24, 2.45) is 5.92 Å². The normalized spacial score (nSPS) is 16.3. The van der Waals surface area contributed by atoms with Gasteiger partial charge in [-0.1, -0.05) is 12.1 Å². The number of rotatable bonds is 6. The van der Waals surface area contributed by atoms with Crippen LogP contribution < -0.4 is 0 Å². The highest BCUT2D eigenvalue weighted by Gasteiger charge is 2.29. The lowest BCUT2D eigenvalue weighted by Gasteiger charge is -2.37. The number of esters is 1. The Kier molecular flexibility index (Phi) is 7.25. The number of likely N-dealkylation sites (tertiary alicyclic amines) is 1. The second kappa shape index (κ2) is 9.88. The zero-order chi connectivity index (χ0) is 21.7. The maximum atomic E-state index is 12.4. The van der Waals surface area contributed by atoms with E-state index in [1.807, 2.05) is 30.3 Å². The summed E-state index contributed by atoms with van der Waals surface area (Å²) < 4.78 is 10.9. The van der Waals surface area contributed by atoms with E-state index in [-0.39, 0.29) is 12.1 Å². The SMILES string of the molecule is COC(=O)c1cc(-c2cccc(C#N)c2)cc(C(OC)C2CCN(C(C)C)CC2)c1. The number of benzene rings is 2. The van der Waals surface area contributed by atoms with E-state index in [1.165, 1.54) is 7.11 Å². The first-order chi connectivity index (χ1) is 14.5. The van der Waals surface area contributed by atoms with Gasteiger partial charge in [-0.3, -0.25) is 0 Å². The van der Waals surface area contributed by atoms with Crippen LogP contribution in [0.1, 0.15) is 54.3 Å². The van der Waals surface area contributed by atoms with E-state index in [4.69, 9.17) is 9.47 Å². The smallest absolute Gasteiger partial charge is 0.337 e. The van der Waals surface area contributed by atoms with Crippen LogP contribution >= 0.6 is 0 Å². The Bertz CT molecular complexity index is 924. The Morgan fingerprint density at radius 1 is 1.10 bits per heavy atom. The number of carbonyl (C=O) groups excluding carboxylic acids is 1. The predicted octanol–water partition coefficient (Wildman–Crippen LogP) is 4.82. The van der Waals surface area contributed by atoms with E-state index in [0.29, 0.717) is 23.1 Å². The molecule has 0 spiro atoms. The molecule has 5 heteroatoms. The molecule has 2 aromatic rings. The highest BCUT2D eigenvalue weighted by Crippen LogP contribution is 2.36. The molecule has 1 heterocycles. The second-order valence-corrected chi connectivity index (χ2v) is 8.15. The van der Waals surface area contributed by atoms with E-state index < -0.39 is 0 Å². The van der Waals surface area contributed by atoms with E-state index in [1.54, 1.807) is 13.2 Å². The summed E-state index contributed by atoms with van der Waals surface area (Å²) in [7, 11) is 3.13. The molecule has 0 aromatic heterocycles. The van der Waals surface area contributed by atoms with Gasteiger partial charge in [-0.2, -0.15) is 5.26 Å². The standard InChI is InChI=1S/C25H30N2O3/c1-17(2)27-10-8-19(9-11-27)24(29-3)22-13-21(14-23(15-22)25(28)30-4)20-7-5-6-18(12-20)16-26/h5-7,12-15,17,19,24H,8-11H2,1-4H3. The first-order valence-corrected chi connectivity index (χ1v) is 10.5. The summed E-state index contributed by atoms with van der Waals surface area (Å²) in [5.41, 5.74) is 3.83. The van der Waals surface area contributed by atoms with Crippen molar-refractivity contribution in [3.63, 3.8) is 0 Å². The number of hydrogen-bond donors (Lipinski definition) is 0. The molecule has 0 aliphatic carbocycles. The summed E-state index contributed by atoms with van der Waals surface area (Å²) in [6.07, 6.45) is 2.01. The lowest BCUT2D eigenvalue weighted by atomic mass is 9.85. The van der Waals surface area contributed by atoms with Crippen molar-refractivity contribution >= 4 is 5.97 Å². The summed E-state index contributed by atoms with van der Waals surface area (Å²) in [6, 6.07) is 15.9. The fourth-order valence-corrected chi connectivity index (χ4v) is 4.33. The number of ether oxygens (including phenoxy) is 2. The molecule has 1 fully saturated rings. The van der Waals surface area contributed by atoms with Crippen LogP contribution in [0.4, 0.5) is 0 Å². The van der Waals surface area contributed by atoms with E-state index in [0.717, 1.165) is 42.6 Å². The van der Waals surface area contributed by atoms with Crippen LogP contribution in [0.15, 0.2) is 42.5 Å². The molecule has 0 saturated carbocycles. The van der Waals surface area contributed by atoms with Gasteiger partial charge in [0.15, 0.2) is 0 Å². The van der Waals surface area contributed by atoms with Crippen molar-refractivity contribution in [3.8, 4) is 17.2 Å². The molecule has 0 amide bonds. The van der Waals surface area contributed by atoms with Crippen LogP contribution in [0.3, 0.4) is 0 Å². The minimum absolute atomic E-state index is 0.0955. The molecule has 0 bridgehead atoms. The van der Waals surface area contributed by atoms with Crippen LogP contribution in [-0.2, 0) is 9.47 Å². The molecule has 1 aliphatic heterocycles. The Morgan fingerprint density at radius 3 is 2.43 bits per heavy atom. The fraction of sp³-hybridized carbons (Fsp3) is 0.440. The van der Waals surface area contributed by atoms with Crippen LogP contribution in [0.5, 0.6) is 0 Å². The highest BCUT2D eigenvalue weighted by molar-refractivity contribution is 5.91. The van der Waals surface area contributed by atoms with Gasteiger partial charge in [0.25, 0.3) is 0 Å². The Hall–Kier alpha value is -2.68. The molecule has 1 saturated heterocycles. The quantitative estimate of drug-likeness (QED) is 0.644. The molecule has 30 heavy (non-hydrogen) atoms. The van der Waals surface area contributed by atoms with Crippen molar-refractivity contribution in [3.05, 3.63) is 59.2 Å². The van der Waals surface area contributed by atoms with Gasteiger partial charge in [0, 0.05) is 13.2 Å². The largest absolute Gasteiger partial charge is 0.465 e. The maximum Gasteiger partial charge on any atom is 0.337 e. The monoisotopic (exact) mass is 406 g/mol. The van der Waals surface area contributed by atoms with Crippen molar-refractivity contribution < 1.29 is 14.3 Å². The number of nitrogens with zero attached hydrogens (tertiary/aromatic N) is 2. The molecule has 0 N–H and O–H groups in total. The summed E-state index contributed by atoms with van der Waals surface area (Å²) in [5, 5.41) is 9.25. The Balaban J connectivity index is 1.98. The van der Waals surface area contributed by atoms with Gasteiger partial charge in [-0.25, -0.2) is 4.79 Å².